The highest BCUT2D eigenvalue weighted by atomic mass is 16.1. The van der Waals surface area contributed by atoms with E-state index in [1.807, 2.05) is 6.92 Å². The first-order chi connectivity index (χ1) is 9.08. The number of nitrogens with one attached hydrogen (secondary N) is 2. The van der Waals surface area contributed by atoms with Gasteiger partial charge in [0.05, 0.1) is 0 Å². The van der Waals surface area contributed by atoms with Crippen molar-refractivity contribution in [2.75, 3.05) is 32.7 Å². The molecule has 0 aromatic carbocycles. The lowest BCUT2D eigenvalue weighted by Gasteiger charge is -2.23. The molecule has 1 aliphatic rings. The summed E-state index contributed by atoms with van der Waals surface area (Å²) in [6.07, 6.45) is 2.18. The fourth-order valence-corrected chi connectivity index (χ4v) is 2.24. The molecule has 1 amide bonds. The summed E-state index contributed by atoms with van der Waals surface area (Å²) in [6.45, 7) is 13.5. The molecular weight excluding hydrogens is 238 g/mol. The van der Waals surface area contributed by atoms with Crippen LogP contribution in [0.1, 0.15) is 40.5 Å². The van der Waals surface area contributed by atoms with E-state index in [1.165, 1.54) is 5.57 Å². The van der Waals surface area contributed by atoms with Crippen LogP contribution in [0.15, 0.2) is 11.1 Å². The number of amides is 1. The summed E-state index contributed by atoms with van der Waals surface area (Å²) < 4.78 is 0. The highest BCUT2D eigenvalue weighted by Gasteiger charge is 2.17. The predicted octanol–water partition coefficient (Wildman–Crippen LogP) is 1.53. The Labute approximate surface area is 117 Å². The zero-order chi connectivity index (χ0) is 14.3. The Hall–Kier alpha value is -0.870. The standard InChI is InChI=1S/C15H29N3O/c1-5-18(6-2)9-7-8-12(3)17-15(19)13(4)14-10-16-11-14/h12,16H,5-11H2,1-4H3,(H,17,19). The van der Waals surface area contributed by atoms with E-state index >= 15 is 0 Å². The molecule has 0 spiro atoms. The molecule has 4 nitrogen and oxygen atoms in total. The van der Waals surface area contributed by atoms with Crippen molar-refractivity contribution in [1.82, 2.24) is 15.5 Å². The summed E-state index contributed by atoms with van der Waals surface area (Å²) in [4.78, 5) is 14.4. The zero-order valence-corrected chi connectivity index (χ0v) is 12.9. The van der Waals surface area contributed by atoms with Gasteiger partial charge in [0.25, 0.3) is 0 Å². The molecule has 0 aromatic heterocycles. The zero-order valence-electron chi connectivity index (χ0n) is 12.9. The summed E-state index contributed by atoms with van der Waals surface area (Å²) in [7, 11) is 0. The molecule has 4 heteroatoms. The van der Waals surface area contributed by atoms with E-state index in [9.17, 15) is 4.79 Å². The van der Waals surface area contributed by atoms with E-state index in [1.54, 1.807) is 0 Å². The molecule has 19 heavy (non-hydrogen) atoms. The molecule has 0 saturated carbocycles. The van der Waals surface area contributed by atoms with Crippen molar-refractivity contribution in [1.29, 1.82) is 0 Å². The van der Waals surface area contributed by atoms with Crippen LogP contribution in [0.5, 0.6) is 0 Å². The summed E-state index contributed by atoms with van der Waals surface area (Å²) in [5.41, 5.74) is 2.14. The van der Waals surface area contributed by atoms with Gasteiger partial charge in [0.2, 0.25) is 5.91 Å². The van der Waals surface area contributed by atoms with E-state index in [0.717, 1.165) is 51.1 Å². The molecule has 0 radical (unpaired) electrons. The Balaban J connectivity index is 2.23. The number of nitrogens with zero attached hydrogens (tertiary/aromatic N) is 1. The molecule has 1 rings (SSSR count). The summed E-state index contributed by atoms with van der Waals surface area (Å²) in [5.74, 6) is 0.104. The largest absolute Gasteiger partial charge is 0.350 e. The number of carbonyl (C=O) groups excluding carboxylic acids is 1. The lowest BCUT2D eigenvalue weighted by atomic mass is 10.0. The maximum atomic E-state index is 12.0. The van der Waals surface area contributed by atoms with Crippen molar-refractivity contribution in [3.63, 3.8) is 0 Å². The van der Waals surface area contributed by atoms with Gasteiger partial charge in [-0.25, -0.2) is 0 Å². The van der Waals surface area contributed by atoms with E-state index in [0.29, 0.717) is 0 Å². The molecule has 2 N–H and O–H groups in total. The number of hydrogen-bond acceptors (Lipinski definition) is 3. The van der Waals surface area contributed by atoms with Crippen molar-refractivity contribution >= 4 is 5.91 Å². The van der Waals surface area contributed by atoms with Crippen molar-refractivity contribution in [2.45, 2.75) is 46.6 Å². The second kappa shape index (κ2) is 8.33. The van der Waals surface area contributed by atoms with Crippen LogP contribution in [0.25, 0.3) is 0 Å². The van der Waals surface area contributed by atoms with E-state index in [4.69, 9.17) is 0 Å². The third-order valence-electron chi connectivity index (χ3n) is 3.93. The maximum Gasteiger partial charge on any atom is 0.247 e. The summed E-state index contributed by atoms with van der Waals surface area (Å²) >= 11 is 0. The van der Waals surface area contributed by atoms with Gasteiger partial charge in [0.1, 0.15) is 0 Å². The topological polar surface area (TPSA) is 44.4 Å². The van der Waals surface area contributed by atoms with Crippen LogP contribution >= 0.6 is 0 Å². The Morgan fingerprint density at radius 2 is 2.00 bits per heavy atom. The molecule has 1 aliphatic heterocycles. The molecule has 1 saturated heterocycles. The first-order valence-corrected chi connectivity index (χ1v) is 7.51. The molecule has 0 bridgehead atoms. The minimum Gasteiger partial charge on any atom is -0.350 e. The van der Waals surface area contributed by atoms with Crippen LogP contribution < -0.4 is 10.6 Å². The molecule has 1 atom stereocenters. The van der Waals surface area contributed by atoms with Gasteiger partial charge >= 0.3 is 0 Å². The van der Waals surface area contributed by atoms with Crippen molar-refractivity contribution in [2.24, 2.45) is 0 Å². The van der Waals surface area contributed by atoms with E-state index in [2.05, 4.69) is 36.3 Å². The molecule has 1 unspecified atom stereocenters. The highest BCUT2D eigenvalue weighted by Crippen LogP contribution is 2.09. The minimum atomic E-state index is 0.104. The van der Waals surface area contributed by atoms with Crippen LogP contribution in [0.3, 0.4) is 0 Å². The maximum absolute atomic E-state index is 12.0. The van der Waals surface area contributed by atoms with Crippen LogP contribution in [0.4, 0.5) is 0 Å². The summed E-state index contributed by atoms with van der Waals surface area (Å²) in [6, 6.07) is 0.256. The molecule has 1 fully saturated rings. The number of carbonyl (C=O) groups is 1. The third-order valence-corrected chi connectivity index (χ3v) is 3.93. The van der Waals surface area contributed by atoms with Crippen LogP contribution in [-0.2, 0) is 4.79 Å². The molecule has 1 heterocycles. The van der Waals surface area contributed by atoms with Gasteiger partial charge in [0.15, 0.2) is 0 Å². The Morgan fingerprint density at radius 3 is 2.47 bits per heavy atom. The second-order valence-electron chi connectivity index (χ2n) is 5.38. The highest BCUT2D eigenvalue weighted by molar-refractivity contribution is 5.94. The molecular formula is C15H29N3O. The third kappa shape index (κ3) is 5.33. The SMILES string of the molecule is CCN(CC)CCCC(C)NC(=O)C(C)=C1CNC1. The van der Waals surface area contributed by atoms with Crippen molar-refractivity contribution in [3.8, 4) is 0 Å². The van der Waals surface area contributed by atoms with Gasteiger partial charge in [-0.3, -0.25) is 4.79 Å². The fourth-order valence-electron chi connectivity index (χ4n) is 2.24. The van der Waals surface area contributed by atoms with Gasteiger partial charge in [0, 0.05) is 24.7 Å². The Kier molecular flexibility index (Phi) is 7.10. The Morgan fingerprint density at radius 1 is 1.37 bits per heavy atom. The van der Waals surface area contributed by atoms with Crippen molar-refractivity contribution < 1.29 is 4.79 Å². The van der Waals surface area contributed by atoms with Crippen LogP contribution in [-0.4, -0.2) is 49.6 Å². The van der Waals surface area contributed by atoms with Gasteiger partial charge in [-0.1, -0.05) is 13.8 Å². The normalized spacial score (nSPS) is 16.2. The molecule has 0 aliphatic carbocycles. The lowest BCUT2D eigenvalue weighted by Crippen LogP contribution is -2.39. The monoisotopic (exact) mass is 267 g/mol. The smallest absolute Gasteiger partial charge is 0.247 e. The fraction of sp³-hybridized carbons (Fsp3) is 0.800. The first kappa shape index (κ1) is 16.2. The van der Waals surface area contributed by atoms with Crippen LogP contribution in [0, 0.1) is 0 Å². The molecule has 0 aromatic rings. The quantitative estimate of drug-likeness (QED) is 0.656. The number of rotatable bonds is 8. The first-order valence-electron chi connectivity index (χ1n) is 7.51. The Bertz CT molecular complexity index is 315. The average Bonchev–Trinajstić information content (AvgIpc) is 2.32. The van der Waals surface area contributed by atoms with Gasteiger partial charge in [-0.2, -0.15) is 0 Å². The predicted molar refractivity (Wildman–Crippen MR) is 80.2 cm³/mol. The second-order valence-corrected chi connectivity index (χ2v) is 5.38. The van der Waals surface area contributed by atoms with Crippen LogP contribution in [0.2, 0.25) is 0 Å². The summed E-state index contributed by atoms with van der Waals surface area (Å²) in [5, 5.41) is 6.26. The minimum absolute atomic E-state index is 0.104. The van der Waals surface area contributed by atoms with Gasteiger partial charge < -0.3 is 15.5 Å². The van der Waals surface area contributed by atoms with E-state index in [-0.39, 0.29) is 11.9 Å². The van der Waals surface area contributed by atoms with Gasteiger partial charge in [-0.15, -0.1) is 0 Å². The lowest BCUT2D eigenvalue weighted by molar-refractivity contribution is -0.118. The van der Waals surface area contributed by atoms with Crippen molar-refractivity contribution in [3.05, 3.63) is 11.1 Å². The molecule has 110 valence electrons. The van der Waals surface area contributed by atoms with E-state index < -0.39 is 0 Å². The van der Waals surface area contributed by atoms with Gasteiger partial charge in [-0.05, 0) is 51.9 Å². The number of hydrogen-bond donors (Lipinski definition) is 2. The average molecular weight is 267 g/mol.